The summed E-state index contributed by atoms with van der Waals surface area (Å²) in [7, 11) is 0. The SMILES string of the molecule is C/C1=C/C[C@@H](c2ccc3sc(CF)nc3c2)OC(=O)CC(O)C(C)(C)C(=O)C(C)[C@@H](O)C(C)CCC1. The van der Waals surface area contributed by atoms with E-state index in [0.717, 1.165) is 35.1 Å². The number of hydrogen-bond donors (Lipinski definition) is 2. The van der Waals surface area contributed by atoms with Gasteiger partial charge in [0, 0.05) is 12.3 Å². The Morgan fingerprint density at radius 3 is 2.64 bits per heavy atom. The molecule has 36 heavy (non-hydrogen) atoms. The lowest BCUT2D eigenvalue weighted by atomic mass is 9.73. The molecule has 0 saturated carbocycles. The maximum atomic E-state index is 13.2. The van der Waals surface area contributed by atoms with Gasteiger partial charge in [-0.2, -0.15) is 0 Å². The van der Waals surface area contributed by atoms with Crippen molar-refractivity contribution in [3.8, 4) is 0 Å². The molecule has 0 aliphatic carbocycles. The minimum absolute atomic E-state index is 0.0747. The summed E-state index contributed by atoms with van der Waals surface area (Å²) < 4.78 is 19.8. The van der Waals surface area contributed by atoms with E-state index in [-0.39, 0.29) is 18.1 Å². The van der Waals surface area contributed by atoms with Crippen LogP contribution >= 0.6 is 11.3 Å². The van der Waals surface area contributed by atoms with E-state index in [1.54, 1.807) is 20.8 Å². The Labute approximate surface area is 216 Å². The number of esters is 1. The van der Waals surface area contributed by atoms with Gasteiger partial charge in [0.25, 0.3) is 0 Å². The zero-order valence-electron chi connectivity index (χ0n) is 21.8. The van der Waals surface area contributed by atoms with Crippen LogP contribution in [0.25, 0.3) is 10.2 Å². The molecule has 2 heterocycles. The van der Waals surface area contributed by atoms with E-state index in [4.69, 9.17) is 4.74 Å². The lowest BCUT2D eigenvalue weighted by Crippen LogP contribution is -2.45. The van der Waals surface area contributed by atoms with Gasteiger partial charge in [-0.05, 0) is 49.8 Å². The number of aliphatic hydroxyl groups is 2. The van der Waals surface area contributed by atoms with Crippen LogP contribution in [0.5, 0.6) is 0 Å². The number of aromatic nitrogens is 1. The summed E-state index contributed by atoms with van der Waals surface area (Å²) in [5.74, 6) is -1.64. The van der Waals surface area contributed by atoms with Crippen molar-refractivity contribution in [3.63, 3.8) is 0 Å². The quantitative estimate of drug-likeness (QED) is 0.382. The van der Waals surface area contributed by atoms with Gasteiger partial charge < -0.3 is 14.9 Å². The second-order valence-corrected chi connectivity index (χ2v) is 11.8. The van der Waals surface area contributed by atoms with Crippen LogP contribution in [0.1, 0.15) is 83.4 Å². The molecule has 198 valence electrons. The van der Waals surface area contributed by atoms with Crippen molar-refractivity contribution in [1.29, 1.82) is 0 Å². The summed E-state index contributed by atoms with van der Waals surface area (Å²) in [4.78, 5) is 30.5. The number of thiazole rings is 1. The third-order valence-corrected chi connectivity index (χ3v) is 8.46. The molecule has 0 saturated heterocycles. The van der Waals surface area contributed by atoms with Crippen LogP contribution in [0.15, 0.2) is 29.8 Å². The van der Waals surface area contributed by atoms with Crippen LogP contribution in [0.4, 0.5) is 4.39 Å². The van der Waals surface area contributed by atoms with E-state index in [9.17, 15) is 24.2 Å². The van der Waals surface area contributed by atoms with E-state index in [1.165, 1.54) is 11.3 Å². The number of alkyl halides is 1. The number of nitrogens with zero attached hydrogens (tertiary/aromatic N) is 1. The Hall–Kier alpha value is -2.16. The number of carbonyl (C=O) groups is 2. The first-order valence-corrected chi connectivity index (χ1v) is 13.5. The molecule has 1 aliphatic rings. The van der Waals surface area contributed by atoms with Gasteiger partial charge >= 0.3 is 5.97 Å². The average Bonchev–Trinajstić information content (AvgIpc) is 3.26. The summed E-state index contributed by atoms with van der Waals surface area (Å²) in [5, 5.41) is 22.1. The third-order valence-electron chi connectivity index (χ3n) is 7.46. The smallest absolute Gasteiger partial charge is 0.309 e. The Bertz CT molecular complexity index is 1110. The predicted octanol–water partition coefficient (Wildman–Crippen LogP) is 5.85. The Morgan fingerprint density at radius 1 is 1.22 bits per heavy atom. The van der Waals surface area contributed by atoms with Crippen molar-refractivity contribution in [2.45, 2.75) is 91.7 Å². The minimum Gasteiger partial charge on any atom is -0.457 e. The Kier molecular flexibility index (Phi) is 9.41. The summed E-state index contributed by atoms with van der Waals surface area (Å²) >= 11 is 1.29. The highest BCUT2D eigenvalue weighted by Crippen LogP contribution is 2.34. The third kappa shape index (κ3) is 6.58. The van der Waals surface area contributed by atoms with Gasteiger partial charge in [-0.1, -0.05) is 45.4 Å². The van der Waals surface area contributed by atoms with Crippen molar-refractivity contribution in [2.75, 3.05) is 0 Å². The van der Waals surface area contributed by atoms with Crippen LogP contribution < -0.4 is 0 Å². The number of ether oxygens (including phenoxy) is 1. The zero-order chi connectivity index (χ0) is 26.6. The molecule has 8 heteroatoms. The number of allylic oxidation sites excluding steroid dienone is 1. The number of halogens is 1. The van der Waals surface area contributed by atoms with Crippen molar-refractivity contribution in [3.05, 3.63) is 40.4 Å². The van der Waals surface area contributed by atoms with E-state index in [1.807, 2.05) is 32.0 Å². The van der Waals surface area contributed by atoms with E-state index < -0.39 is 42.3 Å². The standard InChI is InChI=1S/C28H38FNO5S/c1-16-7-6-8-17(2)26(33)18(3)27(34)28(4,5)23(31)14-25(32)35-21(11-9-16)19-10-12-22-20(13-19)30-24(15-29)36-22/h9-10,12-13,17-18,21,23,26,31,33H,6-8,11,14-15H2,1-5H3/b16-9-/t17?,18?,21-,23?,26-/m0/s1. The van der Waals surface area contributed by atoms with Crippen LogP contribution in [0.2, 0.25) is 0 Å². The van der Waals surface area contributed by atoms with Gasteiger partial charge in [0.15, 0.2) is 0 Å². The van der Waals surface area contributed by atoms with Crippen LogP contribution in [-0.4, -0.2) is 39.2 Å². The normalized spacial score (nSPS) is 30.6. The molecule has 0 bridgehead atoms. The second-order valence-electron chi connectivity index (χ2n) is 10.7. The highest BCUT2D eigenvalue weighted by atomic mass is 32.1. The number of carbonyl (C=O) groups excluding carboxylic acids is 2. The molecule has 2 N–H and O–H groups in total. The number of fused-ring (bicyclic) bond motifs is 1. The van der Waals surface area contributed by atoms with E-state index >= 15 is 0 Å². The highest BCUT2D eigenvalue weighted by molar-refractivity contribution is 7.18. The van der Waals surface area contributed by atoms with Crippen molar-refractivity contribution >= 4 is 33.3 Å². The average molecular weight is 520 g/mol. The molecule has 0 radical (unpaired) electrons. The fourth-order valence-electron chi connectivity index (χ4n) is 4.80. The fourth-order valence-corrected chi connectivity index (χ4v) is 5.60. The van der Waals surface area contributed by atoms with Crippen LogP contribution in [-0.2, 0) is 21.0 Å². The molecule has 3 rings (SSSR count). The first-order valence-electron chi connectivity index (χ1n) is 12.6. The molecule has 2 aromatic rings. The molecule has 3 unspecified atom stereocenters. The van der Waals surface area contributed by atoms with Gasteiger partial charge in [-0.25, -0.2) is 9.37 Å². The number of rotatable bonds is 2. The second kappa shape index (κ2) is 11.9. The van der Waals surface area contributed by atoms with Crippen LogP contribution in [0, 0.1) is 17.3 Å². The fraction of sp³-hybridized carbons (Fsp3) is 0.607. The first-order chi connectivity index (χ1) is 16.9. The number of cyclic esters (lactones) is 1. The maximum Gasteiger partial charge on any atom is 0.309 e. The molecule has 6 nitrogen and oxygen atoms in total. The minimum atomic E-state index is -1.26. The topological polar surface area (TPSA) is 96.7 Å². The zero-order valence-corrected chi connectivity index (χ0v) is 22.6. The number of hydrogen-bond acceptors (Lipinski definition) is 7. The van der Waals surface area contributed by atoms with Gasteiger partial charge in [-0.15, -0.1) is 11.3 Å². The van der Waals surface area contributed by atoms with Gasteiger partial charge in [-0.3, -0.25) is 9.59 Å². The number of benzene rings is 1. The molecule has 0 spiro atoms. The van der Waals surface area contributed by atoms with Gasteiger partial charge in [0.1, 0.15) is 23.6 Å². The van der Waals surface area contributed by atoms with E-state index in [0.29, 0.717) is 16.9 Å². The van der Waals surface area contributed by atoms with Crippen molar-refractivity contribution < 1.29 is 28.9 Å². The lowest BCUT2D eigenvalue weighted by Gasteiger charge is -2.34. The number of ketones is 1. The summed E-state index contributed by atoms with van der Waals surface area (Å²) in [5.41, 5.74) is 1.31. The van der Waals surface area contributed by atoms with Crippen LogP contribution in [0.3, 0.4) is 0 Å². The van der Waals surface area contributed by atoms with E-state index in [2.05, 4.69) is 11.1 Å². The molecular weight excluding hydrogens is 481 g/mol. The molecular formula is C28H38FNO5S. The lowest BCUT2D eigenvalue weighted by molar-refractivity contribution is -0.155. The van der Waals surface area contributed by atoms with Gasteiger partial charge in [0.05, 0.1) is 34.3 Å². The summed E-state index contributed by atoms with van der Waals surface area (Å²) in [6.45, 7) is 8.23. The molecule has 1 aromatic heterocycles. The van der Waals surface area contributed by atoms with Crippen molar-refractivity contribution in [1.82, 2.24) is 4.98 Å². The highest BCUT2D eigenvalue weighted by Gasteiger charge is 2.42. The molecule has 1 aromatic carbocycles. The summed E-state index contributed by atoms with van der Waals surface area (Å²) in [6.07, 6.45) is 1.91. The maximum absolute atomic E-state index is 13.2. The first kappa shape index (κ1) is 28.4. The Balaban J connectivity index is 1.91. The number of aliphatic hydroxyl groups excluding tert-OH is 2. The van der Waals surface area contributed by atoms with Gasteiger partial charge in [0.2, 0.25) is 0 Å². The molecule has 0 fully saturated rings. The largest absolute Gasteiger partial charge is 0.457 e. The molecule has 5 atom stereocenters. The number of Topliss-reactive ketones (excluding diaryl/α,β-unsaturated/α-hetero) is 1. The molecule has 1 aliphatic heterocycles. The Morgan fingerprint density at radius 2 is 1.94 bits per heavy atom. The monoisotopic (exact) mass is 519 g/mol. The summed E-state index contributed by atoms with van der Waals surface area (Å²) in [6, 6.07) is 5.53. The van der Waals surface area contributed by atoms with Crippen molar-refractivity contribution in [2.24, 2.45) is 17.3 Å². The predicted molar refractivity (Wildman–Crippen MR) is 139 cm³/mol. The molecule has 0 amide bonds.